The van der Waals surface area contributed by atoms with E-state index in [2.05, 4.69) is 10.6 Å². The summed E-state index contributed by atoms with van der Waals surface area (Å²) in [5, 5.41) is 14.9. The third kappa shape index (κ3) is 5.93. The molecule has 0 saturated carbocycles. The fourth-order valence-electron chi connectivity index (χ4n) is 2.15. The number of carbonyl (C=O) groups is 2. The number of amides is 2. The molecule has 0 fully saturated rings. The van der Waals surface area contributed by atoms with Crippen LogP contribution in [0.25, 0.3) is 0 Å². The van der Waals surface area contributed by atoms with Crippen LogP contribution in [-0.4, -0.2) is 56.9 Å². The van der Waals surface area contributed by atoms with Gasteiger partial charge in [0.15, 0.2) is 11.5 Å². The molecule has 0 aliphatic carbocycles. The summed E-state index contributed by atoms with van der Waals surface area (Å²) in [4.78, 5) is 23.4. The van der Waals surface area contributed by atoms with Crippen LogP contribution in [0.1, 0.15) is 10.4 Å². The molecule has 9 heteroatoms. The predicted octanol–water partition coefficient (Wildman–Crippen LogP) is 0.583. The molecular weight excluding hydrogens is 356 g/mol. The van der Waals surface area contributed by atoms with Crippen LogP contribution >= 0.6 is 0 Å². The summed E-state index contributed by atoms with van der Waals surface area (Å²) >= 11 is 0. The molecule has 1 aromatic heterocycles. The second-order valence-electron chi connectivity index (χ2n) is 5.46. The number of furan rings is 1. The minimum atomic E-state index is -0.965. The van der Waals surface area contributed by atoms with E-state index in [4.69, 9.17) is 18.6 Å². The first-order valence-corrected chi connectivity index (χ1v) is 8.14. The number of ether oxygens (including phenoxy) is 3. The molecule has 1 aromatic carbocycles. The largest absolute Gasteiger partial charge is 0.493 e. The van der Waals surface area contributed by atoms with Crippen LogP contribution in [0, 0.1) is 0 Å². The van der Waals surface area contributed by atoms with Crippen LogP contribution in [0.5, 0.6) is 17.2 Å². The summed E-state index contributed by atoms with van der Waals surface area (Å²) in [7, 11) is 2.99. The highest BCUT2D eigenvalue weighted by atomic mass is 16.5. The van der Waals surface area contributed by atoms with E-state index in [0.29, 0.717) is 22.8 Å². The van der Waals surface area contributed by atoms with E-state index in [1.54, 1.807) is 18.2 Å². The Morgan fingerprint density at radius 2 is 1.85 bits per heavy atom. The van der Waals surface area contributed by atoms with Crippen LogP contribution in [0.2, 0.25) is 0 Å². The van der Waals surface area contributed by atoms with Crippen molar-refractivity contribution in [1.82, 2.24) is 10.6 Å². The van der Waals surface area contributed by atoms with Crippen LogP contribution in [0.15, 0.2) is 41.2 Å². The van der Waals surface area contributed by atoms with E-state index in [9.17, 15) is 14.7 Å². The molecular formula is C18H22N2O7. The zero-order chi connectivity index (χ0) is 19.6. The van der Waals surface area contributed by atoms with Gasteiger partial charge in [0.2, 0.25) is 11.7 Å². The van der Waals surface area contributed by atoms with E-state index in [0.717, 1.165) is 0 Å². The van der Waals surface area contributed by atoms with Crippen molar-refractivity contribution in [3.05, 3.63) is 42.4 Å². The van der Waals surface area contributed by atoms with Crippen molar-refractivity contribution >= 4 is 11.8 Å². The molecule has 0 radical (unpaired) electrons. The van der Waals surface area contributed by atoms with Crippen LogP contribution in [0.4, 0.5) is 0 Å². The summed E-state index contributed by atoms with van der Waals surface area (Å²) in [5.41, 5.74) is 0.321. The van der Waals surface area contributed by atoms with Crippen molar-refractivity contribution in [2.75, 3.05) is 33.9 Å². The van der Waals surface area contributed by atoms with E-state index in [1.807, 2.05) is 0 Å². The molecule has 2 rings (SSSR count). The summed E-state index contributed by atoms with van der Waals surface area (Å²) in [6, 6.07) is 6.64. The first-order valence-electron chi connectivity index (χ1n) is 8.14. The monoisotopic (exact) mass is 378 g/mol. The Hall–Kier alpha value is -3.20. The number of benzene rings is 1. The highest BCUT2D eigenvalue weighted by Gasteiger charge is 2.15. The van der Waals surface area contributed by atoms with Gasteiger partial charge >= 0.3 is 0 Å². The number of carbonyl (C=O) groups excluding carboxylic acids is 2. The first-order chi connectivity index (χ1) is 13.0. The highest BCUT2D eigenvalue weighted by Crippen LogP contribution is 2.36. The second kappa shape index (κ2) is 10.1. The average Bonchev–Trinajstić information content (AvgIpc) is 3.23. The maximum absolute atomic E-state index is 11.8. The molecule has 27 heavy (non-hydrogen) atoms. The number of nitrogens with one attached hydrogen (secondary N) is 2. The number of rotatable bonds is 10. The van der Waals surface area contributed by atoms with E-state index in [-0.39, 0.29) is 19.7 Å². The van der Waals surface area contributed by atoms with Gasteiger partial charge in [-0.3, -0.25) is 9.59 Å². The molecule has 9 nitrogen and oxygen atoms in total. The molecule has 0 aliphatic rings. The Labute approximate surface area is 156 Å². The zero-order valence-corrected chi connectivity index (χ0v) is 15.1. The molecule has 2 aromatic rings. The van der Waals surface area contributed by atoms with Gasteiger partial charge in [-0.15, -0.1) is 0 Å². The van der Waals surface area contributed by atoms with Gasteiger partial charge in [-0.1, -0.05) is 6.07 Å². The maximum atomic E-state index is 11.8. The van der Waals surface area contributed by atoms with Crippen LogP contribution in [0.3, 0.4) is 0 Å². The Balaban J connectivity index is 1.74. The molecule has 1 atom stereocenters. The molecule has 0 bridgehead atoms. The Kier molecular flexibility index (Phi) is 7.50. The number of hydrogen-bond acceptors (Lipinski definition) is 7. The predicted molar refractivity (Wildman–Crippen MR) is 95.1 cm³/mol. The third-order valence-corrected chi connectivity index (χ3v) is 3.53. The molecule has 1 unspecified atom stereocenters. The third-order valence-electron chi connectivity index (χ3n) is 3.53. The van der Waals surface area contributed by atoms with Crippen LogP contribution < -0.4 is 24.8 Å². The number of methoxy groups -OCH3 is 2. The van der Waals surface area contributed by atoms with Crippen molar-refractivity contribution < 1.29 is 33.3 Å². The topological polar surface area (TPSA) is 119 Å². The van der Waals surface area contributed by atoms with Crippen molar-refractivity contribution in [3.63, 3.8) is 0 Å². The van der Waals surface area contributed by atoms with Gasteiger partial charge in [0.05, 0.1) is 32.6 Å². The van der Waals surface area contributed by atoms with Gasteiger partial charge in [0, 0.05) is 6.54 Å². The number of aliphatic hydroxyl groups excluding tert-OH is 1. The summed E-state index contributed by atoms with van der Waals surface area (Å²) < 4.78 is 20.8. The van der Waals surface area contributed by atoms with Gasteiger partial charge < -0.3 is 34.4 Å². The smallest absolute Gasteiger partial charge is 0.254 e. The Morgan fingerprint density at radius 3 is 2.44 bits per heavy atom. The molecule has 0 saturated heterocycles. The minimum absolute atomic E-state index is 0.0438. The lowest BCUT2D eigenvalue weighted by Gasteiger charge is -2.17. The Morgan fingerprint density at radius 1 is 1.15 bits per heavy atom. The van der Waals surface area contributed by atoms with Crippen LogP contribution in [-0.2, 0) is 4.79 Å². The zero-order valence-electron chi connectivity index (χ0n) is 15.1. The quantitative estimate of drug-likeness (QED) is 0.553. The van der Waals surface area contributed by atoms with Crippen molar-refractivity contribution in [2.45, 2.75) is 6.10 Å². The first kappa shape index (κ1) is 20.1. The van der Waals surface area contributed by atoms with Crippen molar-refractivity contribution in [1.29, 1.82) is 0 Å². The van der Waals surface area contributed by atoms with E-state index >= 15 is 0 Å². The molecule has 3 N–H and O–H groups in total. The molecule has 0 aliphatic heterocycles. The van der Waals surface area contributed by atoms with Gasteiger partial charge in [0.25, 0.3) is 5.91 Å². The summed E-state index contributed by atoms with van der Waals surface area (Å²) in [5.74, 6) is 0.423. The van der Waals surface area contributed by atoms with E-state index in [1.165, 1.54) is 32.8 Å². The molecule has 1 heterocycles. The minimum Gasteiger partial charge on any atom is -0.493 e. The molecule has 0 spiro atoms. The lowest BCUT2D eigenvalue weighted by Crippen LogP contribution is -2.41. The average molecular weight is 378 g/mol. The summed E-state index contributed by atoms with van der Waals surface area (Å²) in [6.07, 6.45) is 1.68. The summed E-state index contributed by atoms with van der Waals surface area (Å²) in [6.45, 7) is -0.353. The second-order valence-corrected chi connectivity index (χ2v) is 5.46. The van der Waals surface area contributed by atoms with Gasteiger partial charge in [-0.05, 0) is 18.2 Å². The number of para-hydroxylation sites is 1. The Bertz CT molecular complexity index is 724. The van der Waals surface area contributed by atoms with Crippen molar-refractivity contribution in [3.8, 4) is 17.2 Å². The van der Waals surface area contributed by atoms with E-state index < -0.39 is 17.9 Å². The fraction of sp³-hybridized carbons (Fsp3) is 0.333. The lowest BCUT2D eigenvalue weighted by atomic mass is 10.3. The lowest BCUT2D eigenvalue weighted by molar-refractivity contribution is -0.120. The van der Waals surface area contributed by atoms with Gasteiger partial charge in [-0.2, -0.15) is 0 Å². The SMILES string of the molecule is COc1cccc(OC)c1OCC(O)CNC(=O)CNC(=O)c1ccoc1. The number of hydrogen-bond donors (Lipinski definition) is 3. The number of aliphatic hydroxyl groups is 1. The molecule has 2 amide bonds. The van der Waals surface area contributed by atoms with Gasteiger partial charge in [-0.25, -0.2) is 0 Å². The molecule has 146 valence electrons. The standard InChI is InChI=1S/C18H22N2O7/c1-24-14-4-3-5-15(25-2)17(14)27-11-13(21)8-19-16(22)9-20-18(23)12-6-7-26-10-12/h3-7,10,13,21H,8-9,11H2,1-2H3,(H,19,22)(H,20,23). The van der Waals surface area contributed by atoms with Gasteiger partial charge in [0.1, 0.15) is 19.0 Å². The fourth-order valence-corrected chi connectivity index (χ4v) is 2.15. The maximum Gasteiger partial charge on any atom is 0.254 e. The van der Waals surface area contributed by atoms with Crippen molar-refractivity contribution in [2.24, 2.45) is 0 Å². The normalized spacial score (nSPS) is 11.4. The highest BCUT2D eigenvalue weighted by molar-refractivity contribution is 5.96.